The van der Waals surface area contributed by atoms with Gasteiger partial charge in [-0.25, -0.2) is 9.18 Å². The first-order valence-corrected chi connectivity index (χ1v) is 12.8. The lowest BCUT2D eigenvalue weighted by molar-refractivity contribution is -0.124. The number of hydrogen-bond donors (Lipinski definition) is 1. The minimum absolute atomic E-state index is 0.0543. The van der Waals surface area contributed by atoms with Crippen LogP contribution in [0, 0.1) is 11.8 Å². The Bertz CT molecular complexity index is 832. The van der Waals surface area contributed by atoms with Gasteiger partial charge in [0.05, 0.1) is 5.69 Å². The Labute approximate surface area is 188 Å². The number of carboxylic acids is 1. The molecule has 1 aromatic heterocycles. The van der Waals surface area contributed by atoms with Gasteiger partial charge < -0.3 is 10.0 Å². The van der Waals surface area contributed by atoms with Crippen LogP contribution in [0.3, 0.4) is 0 Å². The highest BCUT2D eigenvalue weighted by molar-refractivity contribution is 7.15. The lowest BCUT2D eigenvalue weighted by Gasteiger charge is -2.38. The van der Waals surface area contributed by atoms with Crippen LogP contribution in [-0.2, 0) is 4.79 Å². The van der Waals surface area contributed by atoms with Gasteiger partial charge in [-0.15, -0.1) is 11.3 Å². The van der Waals surface area contributed by atoms with Crippen molar-refractivity contribution in [2.75, 3.05) is 4.90 Å². The van der Waals surface area contributed by atoms with Gasteiger partial charge in [-0.05, 0) is 94.6 Å². The van der Waals surface area contributed by atoms with Gasteiger partial charge in [0.2, 0.25) is 5.91 Å². The van der Waals surface area contributed by atoms with E-state index in [1.165, 1.54) is 23.3 Å². The molecule has 4 rings (SSSR count). The Hall–Kier alpha value is -1.69. The number of allylic oxidation sites excluding steroid dienone is 2. The highest BCUT2D eigenvalue weighted by Gasteiger charge is 2.37. The van der Waals surface area contributed by atoms with E-state index in [1.807, 2.05) is 6.07 Å². The summed E-state index contributed by atoms with van der Waals surface area (Å²) in [4.78, 5) is 29.0. The highest BCUT2D eigenvalue weighted by atomic mass is 32.1. The van der Waals surface area contributed by atoms with E-state index in [9.17, 15) is 19.1 Å². The van der Waals surface area contributed by atoms with Gasteiger partial charge >= 0.3 is 5.97 Å². The maximum Gasteiger partial charge on any atom is 0.348 e. The van der Waals surface area contributed by atoms with Crippen molar-refractivity contribution < 1.29 is 19.1 Å². The Morgan fingerprint density at radius 2 is 1.77 bits per heavy atom. The van der Waals surface area contributed by atoms with Crippen molar-refractivity contribution in [2.24, 2.45) is 11.8 Å². The molecule has 31 heavy (non-hydrogen) atoms. The summed E-state index contributed by atoms with van der Waals surface area (Å²) in [6.45, 7) is 2.23. The molecule has 0 spiro atoms. The van der Waals surface area contributed by atoms with E-state index in [0.29, 0.717) is 37.3 Å². The van der Waals surface area contributed by atoms with Crippen molar-refractivity contribution in [3.8, 4) is 0 Å². The summed E-state index contributed by atoms with van der Waals surface area (Å²) in [5.41, 5.74) is 1.75. The second-order valence-corrected chi connectivity index (χ2v) is 10.7. The number of alkyl halides is 1. The number of thiophene rings is 1. The Morgan fingerprint density at radius 1 is 1.06 bits per heavy atom. The van der Waals surface area contributed by atoms with Crippen LogP contribution in [0.4, 0.5) is 10.1 Å². The SMILES string of the molecule is C[C@H]1CC[C@H](C(=O)N(c2cc(C3=CCCCC3)sc2C(=O)O)[C@H]2CC[C@H](F)CC2)CC1. The van der Waals surface area contributed by atoms with Crippen LogP contribution in [0.2, 0.25) is 0 Å². The number of hydrogen-bond acceptors (Lipinski definition) is 3. The number of carboxylic acid groups (broad SMARTS) is 1. The number of nitrogens with zero attached hydrogens (tertiary/aromatic N) is 1. The molecule has 0 atom stereocenters. The Kier molecular flexibility index (Phi) is 7.15. The van der Waals surface area contributed by atoms with Crippen molar-refractivity contribution in [3.63, 3.8) is 0 Å². The molecule has 3 aliphatic carbocycles. The standard InChI is InChI=1S/C25H34FNO3S/c1-16-7-9-18(10-8-16)24(28)27(20-13-11-19(26)12-14-20)21-15-22(31-23(21)25(29)30)17-5-3-2-4-6-17/h5,15-16,18-20H,2-4,6-14H2,1H3,(H,29,30)/t16-,18-,19-,20-. The van der Waals surface area contributed by atoms with Gasteiger partial charge in [0.1, 0.15) is 11.0 Å². The molecule has 170 valence electrons. The van der Waals surface area contributed by atoms with E-state index in [0.717, 1.165) is 49.8 Å². The van der Waals surface area contributed by atoms with E-state index in [-0.39, 0.29) is 22.7 Å². The number of carbonyl (C=O) groups is 2. The summed E-state index contributed by atoms with van der Waals surface area (Å²) < 4.78 is 13.9. The fraction of sp³-hybridized carbons (Fsp3) is 0.680. The monoisotopic (exact) mass is 447 g/mol. The third-order valence-corrected chi connectivity index (χ3v) is 8.56. The highest BCUT2D eigenvalue weighted by Crippen LogP contribution is 2.42. The molecule has 0 bridgehead atoms. The van der Waals surface area contributed by atoms with E-state index >= 15 is 0 Å². The Balaban J connectivity index is 1.70. The van der Waals surface area contributed by atoms with E-state index in [1.54, 1.807) is 4.90 Å². The molecule has 6 heteroatoms. The number of rotatable bonds is 5. The molecule has 2 fully saturated rings. The molecule has 1 heterocycles. The predicted molar refractivity (Wildman–Crippen MR) is 123 cm³/mol. The van der Waals surface area contributed by atoms with E-state index < -0.39 is 12.1 Å². The topological polar surface area (TPSA) is 57.6 Å². The summed E-state index contributed by atoms with van der Waals surface area (Å²) in [5, 5.41) is 9.99. The molecule has 0 aromatic carbocycles. The quantitative estimate of drug-likeness (QED) is 0.537. The smallest absolute Gasteiger partial charge is 0.348 e. The van der Waals surface area contributed by atoms with Crippen LogP contribution < -0.4 is 4.90 Å². The first kappa shape index (κ1) is 22.5. The third kappa shape index (κ3) is 5.05. The van der Waals surface area contributed by atoms with Crippen molar-refractivity contribution in [1.82, 2.24) is 0 Å². The first-order chi connectivity index (χ1) is 14.9. The minimum Gasteiger partial charge on any atom is -0.477 e. The number of halogens is 1. The third-order valence-electron chi connectivity index (χ3n) is 7.37. The zero-order chi connectivity index (χ0) is 22.0. The van der Waals surface area contributed by atoms with Crippen molar-refractivity contribution in [2.45, 2.75) is 96.2 Å². The van der Waals surface area contributed by atoms with Crippen molar-refractivity contribution in [1.29, 1.82) is 0 Å². The summed E-state index contributed by atoms with van der Waals surface area (Å²) in [7, 11) is 0. The van der Waals surface area contributed by atoms with Crippen LogP contribution in [0.25, 0.3) is 5.57 Å². The summed E-state index contributed by atoms with van der Waals surface area (Å²) >= 11 is 1.30. The summed E-state index contributed by atoms with van der Waals surface area (Å²) in [6.07, 6.45) is 11.6. The number of carbonyl (C=O) groups excluding carboxylic acids is 1. The molecule has 1 aromatic rings. The van der Waals surface area contributed by atoms with Crippen LogP contribution in [-0.4, -0.2) is 29.2 Å². The predicted octanol–water partition coefficient (Wildman–Crippen LogP) is 6.84. The molecular weight excluding hydrogens is 413 g/mol. The van der Waals surface area contributed by atoms with Crippen LogP contribution in [0.5, 0.6) is 0 Å². The lowest BCUT2D eigenvalue weighted by atomic mass is 9.81. The molecule has 4 nitrogen and oxygen atoms in total. The van der Waals surface area contributed by atoms with Gasteiger partial charge in [0.25, 0.3) is 0 Å². The molecule has 0 radical (unpaired) electrons. The molecule has 2 saturated carbocycles. The number of anilines is 1. The molecule has 1 N–H and O–H groups in total. The van der Waals surface area contributed by atoms with Gasteiger partial charge in [-0.1, -0.05) is 13.0 Å². The fourth-order valence-corrected chi connectivity index (χ4v) is 6.48. The van der Waals surface area contributed by atoms with Crippen LogP contribution in [0.15, 0.2) is 12.1 Å². The first-order valence-electron chi connectivity index (χ1n) is 12.0. The fourth-order valence-electron chi connectivity index (χ4n) is 5.43. The van der Waals surface area contributed by atoms with Gasteiger partial charge in [-0.2, -0.15) is 0 Å². The van der Waals surface area contributed by atoms with E-state index in [4.69, 9.17) is 0 Å². The van der Waals surface area contributed by atoms with Gasteiger partial charge in [0.15, 0.2) is 0 Å². The molecule has 3 aliphatic rings. The maximum absolute atomic E-state index is 13.9. The molecule has 0 aliphatic heterocycles. The van der Waals surface area contributed by atoms with Crippen molar-refractivity contribution in [3.05, 3.63) is 21.9 Å². The van der Waals surface area contributed by atoms with Crippen molar-refractivity contribution >= 4 is 34.5 Å². The Morgan fingerprint density at radius 3 is 2.39 bits per heavy atom. The van der Waals surface area contributed by atoms with E-state index in [2.05, 4.69) is 13.0 Å². The normalized spacial score (nSPS) is 29.3. The molecule has 0 unspecified atom stereocenters. The average molecular weight is 448 g/mol. The zero-order valence-electron chi connectivity index (χ0n) is 18.4. The average Bonchev–Trinajstić information content (AvgIpc) is 3.22. The lowest BCUT2D eigenvalue weighted by Crippen LogP contribution is -2.46. The zero-order valence-corrected chi connectivity index (χ0v) is 19.3. The summed E-state index contributed by atoms with van der Waals surface area (Å²) in [5.74, 6) is -0.339. The molecular formula is C25H34FNO3S. The molecule has 0 saturated heterocycles. The number of aromatic carboxylic acids is 1. The maximum atomic E-state index is 13.9. The number of amides is 1. The van der Waals surface area contributed by atoms with Crippen LogP contribution in [0.1, 0.15) is 98.5 Å². The molecule has 1 amide bonds. The van der Waals surface area contributed by atoms with Gasteiger partial charge in [0, 0.05) is 16.8 Å². The largest absolute Gasteiger partial charge is 0.477 e. The second-order valence-electron chi connectivity index (χ2n) is 9.68. The second kappa shape index (κ2) is 9.85. The van der Waals surface area contributed by atoms with Crippen LogP contribution >= 0.6 is 11.3 Å². The summed E-state index contributed by atoms with van der Waals surface area (Å²) in [6, 6.07) is 1.83. The van der Waals surface area contributed by atoms with Gasteiger partial charge in [-0.3, -0.25) is 4.79 Å². The minimum atomic E-state index is -0.975.